The number of hydroxylamine groups is 1. The van der Waals surface area contributed by atoms with Crippen molar-refractivity contribution in [2.24, 2.45) is 0 Å². The van der Waals surface area contributed by atoms with Crippen LogP contribution in [0.3, 0.4) is 0 Å². The first-order valence-corrected chi connectivity index (χ1v) is 8.71. The van der Waals surface area contributed by atoms with Crippen LogP contribution in [0, 0.1) is 18.8 Å². The van der Waals surface area contributed by atoms with Crippen LogP contribution in [-0.4, -0.2) is 19.5 Å². The number of hydrogen-bond donors (Lipinski definition) is 3. The molecule has 3 N–H and O–H groups in total. The van der Waals surface area contributed by atoms with Crippen LogP contribution in [-0.2, 0) is 14.8 Å². The Kier molecular flexibility index (Phi) is 5.95. The molecule has 0 aliphatic carbocycles. The lowest BCUT2D eigenvalue weighted by atomic mass is 10.2. The van der Waals surface area contributed by atoms with Gasteiger partial charge in [-0.3, -0.25) is 14.7 Å². The van der Waals surface area contributed by atoms with Gasteiger partial charge in [0.15, 0.2) is 0 Å². The molecule has 7 heteroatoms. The molecule has 0 saturated carbocycles. The molecule has 0 bridgehead atoms. The Morgan fingerprint density at radius 1 is 1.16 bits per heavy atom. The van der Waals surface area contributed by atoms with Crippen molar-refractivity contribution in [2.45, 2.75) is 11.8 Å². The van der Waals surface area contributed by atoms with E-state index in [4.69, 9.17) is 5.21 Å². The summed E-state index contributed by atoms with van der Waals surface area (Å²) >= 11 is 0. The summed E-state index contributed by atoms with van der Waals surface area (Å²) in [4.78, 5) is 11.0. The Morgan fingerprint density at radius 3 is 2.56 bits per heavy atom. The maximum Gasteiger partial charge on any atom is 0.267 e. The van der Waals surface area contributed by atoms with Crippen molar-refractivity contribution in [3.63, 3.8) is 0 Å². The summed E-state index contributed by atoms with van der Waals surface area (Å²) in [6.45, 7) is 1.88. The molecule has 2 aromatic rings. The lowest BCUT2D eigenvalue weighted by molar-refractivity contribution is -0.124. The van der Waals surface area contributed by atoms with Crippen molar-refractivity contribution in [1.82, 2.24) is 5.48 Å². The largest absolute Gasteiger partial charge is 0.288 e. The standard InChI is InChI=1S/C18H16N2O4S/c1-14-9-11-17(12-10-14)25(23,24)20-16-7-4-6-15(13-16)5-2-3-8-18(21)19-22/h3-4,6-13,20,22H,1H3,(H,19,21)/b8-3+. The number of anilines is 1. The van der Waals surface area contributed by atoms with Crippen molar-refractivity contribution < 1.29 is 18.4 Å². The zero-order chi connectivity index (χ0) is 18.3. The molecule has 0 aromatic heterocycles. The van der Waals surface area contributed by atoms with E-state index in [1.54, 1.807) is 48.5 Å². The summed E-state index contributed by atoms with van der Waals surface area (Å²) < 4.78 is 27.2. The number of rotatable bonds is 4. The van der Waals surface area contributed by atoms with E-state index in [0.717, 1.165) is 11.6 Å². The van der Waals surface area contributed by atoms with E-state index < -0.39 is 15.9 Å². The summed E-state index contributed by atoms with van der Waals surface area (Å²) in [5.74, 6) is 4.69. The molecule has 0 atom stereocenters. The predicted molar refractivity (Wildman–Crippen MR) is 94.4 cm³/mol. The number of aryl methyl sites for hydroxylation is 1. The highest BCUT2D eigenvalue weighted by molar-refractivity contribution is 7.92. The third kappa shape index (κ3) is 5.49. The molecule has 0 radical (unpaired) electrons. The molecule has 25 heavy (non-hydrogen) atoms. The second-order valence-electron chi connectivity index (χ2n) is 5.08. The van der Waals surface area contributed by atoms with Crippen LogP contribution >= 0.6 is 0 Å². The van der Waals surface area contributed by atoms with E-state index in [0.29, 0.717) is 11.3 Å². The van der Waals surface area contributed by atoms with Crippen LogP contribution < -0.4 is 10.2 Å². The Bertz CT molecular complexity index is 953. The van der Waals surface area contributed by atoms with Gasteiger partial charge in [-0.1, -0.05) is 35.6 Å². The van der Waals surface area contributed by atoms with Gasteiger partial charge in [0.2, 0.25) is 0 Å². The molecule has 0 unspecified atom stereocenters. The van der Waals surface area contributed by atoms with Gasteiger partial charge >= 0.3 is 0 Å². The van der Waals surface area contributed by atoms with E-state index in [1.807, 2.05) is 6.92 Å². The zero-order valence-corrected chi connectivity index (χ0v) is 14.2. The molecule has 0 fully saturated rings. The number of amides is 1. The second-order valence-corrected chi connectivity index (χ2v) is 6.76. The lowest BCUT2D eigenvalue weighted by Crippen LogP contribution is -2.14. The predicted octanol–water partition coefficient (Wildman–Crippen LogP) is 2.21. The third-order valence-corrected chi connectivity index (χ3v) is 4.49. The second kappa shape index (κ2) is 8.15. The fourth-order valence-corrected chi connectivity index (χ4v) is 2.92. The molecule has 2 rings (SSSR count). The summed E-state index contributed by atoms with van der Waals surface area (Å²) in [5.41, 5.74) is 3.37. The van der Waals surface area contributed by atoms with Gasteiger partial charge in [-0.25, -0.2) is 13.9 Å². The van der Waals surface area contributed by atoms with Gasteiger partial charge in [-0.15, -0.1) is 0 Å². The highest BCUT2D eigenvalue weighted by atomic mass is 32.2. The van der Waals surface area contributed by atoms with Crippen LogP contribution in [0.15, 0.2) is 65.6 Å². The fourth-order valence-electron chi connectivity index (χ4n) is 1.87. The average Bonchev–Trinajstić information content (AvgIpc) is 2.59. The van der Waals surface area contributed by atoms with Crippen LogP contribution in [0.1, 0.15) is 11.1 Å². The Morgan fingerprint density at radius 2 is 1.88 bits per heavy atom. The molecule has 2 aromatic carbocycles. The summed E-state index contributed by atoms with van der Waals surface area (Å²) in [5, 5.41) is 8.34. The first kappa shape index (κ1) is 18.3. The minimum Gasteiger partial charge on any atom is -0.288 e. The van der Waals surface area contributed by atoms with Gasteiger partial charge in [0.25, 0.3) is 15.9 Å². The van der Waals surface area contributed by atoms with E-state index in [-0.39, 0.29) is 4.90 Å². The van der Waals surface area contributed by atoms with E-state index in [2.05, 4.69) is 16.6 Å². The van der Waals surface area contributed by atoms with Gasteiger partial charge in [-0.2, -0.15) is 0 Å². The van der Waals surface area contributed by atoms with Gasteiger partial charge < -0.3 is 0 Å². The average molecular weight is 356 g/mol. The van der Waals surface area contributed by atoms with Crippen molar-refractivity contribution in [2.75, 3.05) is 4.72 Å². The van der Waals surface area contributed by atoms with Crippen LogP contribution in [0.25, 0.3) is 0 Å². The van der Waals surface area contributed by atoms with Gasteiger partial charge in [-0.05, 0) is 43.3 Å². The summed E-state index contributed by atoms with van der Waals surface area (Å²) in [6.07, 6.45) is 2.34. The summed E-state index contributed by atoms with van der Waals surface area (Å²) in [7, 11) is -3.68. The Balaban J connectivity index is 2.16. The Labute approximate surface area is 146 Å². The molecule has 0 aliphatic heterocycles. The minimum atomic E-state index is -3.68. The number of hydrogen-bond acceptors (Lipinski definition) is 4. The number of carbonyl (C=O) groups is 1. The normalized spacial score (nSPS) is 10.8. The van der Waals surface area contributed by atoms with Crippen molar-refractivity contribution >= 4 is 21.6 Å². The van der Waals surface area contributed by atoms with Crippen molar-refractivity contribution in [3.8, 4) is 11.8 Å². The first-order valence-electron chi connectivity index (χ1n) is 7.22. The van der Waals surface area contributed by atoms with Crippen LogP contribution in [0.4, 0.5) is 5.69 Å². The molecular weight excluding hydrogens is 340 g/mol. The molecule has 1 amide bonds. The number of sulfonamides is 1. The van der Waals surface area contributed by atoms with Crippen molar-refractivity contribution in [1.29, 1.82) is 0 Å². The highest BCUT2D eigenvalue weighted by Crippen LogP contribution is 2.17. The Hall–Kier alpha value is -3.08. The fraction of sp³-hybridized carbons (Fsp3) is 0.0556. The topological polar surface area (TPSA) is 95.5 Å². The lowest BCUT2D eigenvalue weighted by Gasteiger charge is -2.08. The molecule has 6 nitrogen and oxygen atoms in total. The maximum atomic E-state index is 12.4. The molecule has 0 spiro atoms. The quantitative estimate of drug-likeness (QED) is 0.339. The minimum absolute atomic E-state index is 0.174. The molecule has 0 saturated heterocycles. The zero-order valence-electron chi connectivity index (χ0n) is 13.4. The third-order valence-electron chi connectivity index (χ3n) is 3.09. The number of carbonyl (C=O) groups excluding carboxylic acids is 1. The van der Waals surface area contributed by atoms with Gasteiger partial charge in [0, 0.05) is 11.6 Å². The highest BCUT2D eigenvalue weighted by Gasteiger charge is 2.13. The number of nitrogens with one attached hydrogen (secondary N) is 2. The molecule has 0 heterocycles. The van der Waals surface area contributed by atoms with Crippen LogP contribution in [0.5, 0.6) is 0 Å². The van der Waals surface area contributed by atoms with Gasteiger partial charge in [0.1, 0.15) is 0 Å². The maximum absolute atomic E-state index is 12.4. The van der Waals surface area contributed by atoms with E-state index in [1.165, 1.54) is 11.6 Å². The summed E-state index contributed by atoms with van der Waals surface area (Å²) in [6, 6.07) is 13.1. The smallest absolute Gasteiger partial charge is 0.267 e. The number of allylic oxidation sites excluding steroid dienone is 1. The molecular formula is C18H16N2O4S. The molecule has 0 aliphatic rings. The monoisotopic (exact) mass is 356 g/mol. The SMILES string of the molecule is Cc1ccc(S(=O)(=O)Nc2cccc(C#C/C=C/C(=O)NO)c2)cc1. The van der Waals surface area contributed by atoms with E-state index >= 15 is 0 Å². The van der Waals surface area contributed by atoms with Crippen LogP contribution in [0.2, 0.25) is 0 Å². The number of benzene rings is 2. The first-order chi connectivity index (χ1) is 11.9. The van der Waals surface area contributed by atoms with Gasteiger partial charge in [0.05, 0.1) is 10.6 Å². The van der Waals surface area contributed by atoms with Crippen molar-refractivity contribution in [3.05, 3.63) is 71.8 Å². The van der Waals surface area contributed by atoms with E-state index in [9.17, 15) is 13.2 Å². The molecule has 128 valence electrons.